The summed E-state index contributed by atoms with van der Waals surface area (Å²) in [5, 5.41) is 9.44. The van der Waals surface area contributed by atoms with Crippen molar-refractivity contribution < 1.29 is 9.90 Å². The third-order valence-electron chi connectivity index (χ3n) is 2.81. The highest BCUT2D eigenvalue weighted by molar-refractivity contribution is 5.82. The van der Waals surface area contributed by atoms with Crippen LogP contribution >= 0.6 is 0 Å². The lowest BCUT2D eigenvalue weighted by atomic mass is 10.1. The van der Waals surface area contributed by atoms with E-state index in [1.165, 1.54) is 0 Å². The molecule has 1 atom stereocenters. The molecule has 0 aromatic heterocycles. The SMILES string of the molecule is CC(C)C(=O)CN1CCCC(O)CC1. The van der Waals surface area contributed by atoms with Crippen LogP contribution in [0, 0.1) is 5.92 Å². The van der Waals surface area contributed by atoms with Crippen LogP contribution in [0.2, 0.25) is 0 Å². The molecule has 1 unspecified atom stereocenters. The lowest BCUT2D eigenvalue weighted by Crippen LogP contribution is -2.33. The predicted molar refractivity (Wildman–Crippen MR) is 56.1 cm³/mol. The van der Waals surface area contributed by atoms with Gasteiger partial charge in [-0.25, -0.2) is 0 Å². The van der Waals surface area contributed by atoms with Gasteiger partial charge in [-0.05, 0) is 25.8 Å². The number of rotatable bonds is 3. The maximum atomic E-state index is 11.5. The number of Topliss-reactive ketones (excluding diaryl/α,β-unsaturated/α-hetero) is 1. The Labute approximate surface area is 86.1 Å². The third kappa shape index (κ3) is 3.76. The molecule has 0 amide bonds. The Kier molecular flexibility index (Phi) is 4.55. The first kappa shape index (κ1) is 11.7. The summed E-state index contributed by atoms with van der Waals surface area (Å²) in [7, 11) is 0. The van der Waals surface area contributed by atoms with Gasteiger partial charge in [0.1, 0.15) is 5.78 Å². The number of likely N-dealkylation sites (tertiary alicyclic amines) is 1. The number of ketones is 1. The molecule has 0 aromatic rings. The van der Waals surface area contributed by atoms with Crippen molar-refractivity contribution in [3.05, 3.63) is 0 Å². The molecule has 0 saturated carbocycles. The molecule has 0 radical (unpaired) electrons. The lowest BCUT2D eigenvalue weighted by molar-refractivity contribution is -0.123. The van der Waals surface area contributed by atoms with E-state index in [4.69, 9.17) is 0 Å². The molecule has 1 aliphatic rings. The summed E-state index contributed by atoms with van der Waals surface area (Å²) < 4.78 is 0. The van der Waals surface area contributed by atoms with Crippen molar-refractivity contribution in [2.24, 2.45) is 5.92 Å². The second kappa shape index (κ2) is 5.47. The van der Waals surface area contributed by atoms with E-state index < -0.39 is 0 Å². The summed E-state index contributed by atoms with van der Waals surface area (Å²) >= 11 is 0. The van der Waals surface area contributed by atoms with Gasteiger partial charge >= 0.3 is 0 Å². The van der Waals surface area contributed by atoms with Crippen molar-refractivity contribution in [1.29, 1.82) is 0 Å². The monoisotopic (exact) mass is 199 g/mol. The molecular formula is C11H21NO2. The smallest absolute Gasteiger partial charge is 0.149 e. The van der Waals surface area contributed by atoms with E-state index in [0.29, 0.717) is 12.3 Å². The number of hydrogen-bond acceptors (Lipinski definition) is 3. The zero-order valence-corrected chi connectivity index (χ0v) is 9.20. The molecule has 0 aromatic carbocycles. The molecule has 3 heteroatoms. The first-order valence-electron chi connectivity index (χ1n) is 5.52. The standard InChI is InChI=1S/C11H21NO2/c1-9(2)11(14)8-12-6-3-4-10(13)5-7-12/h9-10,13H,3-8H2,1-2H3. The minimum atomic E-state index is -0.158. The quantitative estimate of drug-likeness (QED) is 0.739. The summed E-state index contributed by atoms with van der Waals surface area (Å²) in [4.78, 5) is 13.7. The summed E-state index contributed by atoms with van der Waals surface area (Å²) in [5.41, 5.74) is 0. The zero-order valence-electron chi connectivity index (χ0n) is 9.20. The van der Waals surface area contributed by atoms with Gasteiger partial charge in [-0.3, -0.25) is 9.69 Å². The average Bonchev–Trinajstić information content (AvgIpc) is 2.31. The molecule has 1 fully saturated rings. The van der Waals surface area contributed by atoms with Crippen LogP contribution in [0.5, 0.6) is 0 Å². The van der Waals surface area contributed by atoms with Crippen LogP contribution in [0.4, 0.5) is 0 Å². The molecule has 1 heterocycles. The average molecular weight is 199 g/mol. The van der Waals surface area contributed by atoms with Gasteiger partial charge in [-0.1, -0.05) is 13.8 Å². The van der Waals surface area contributed by atoms with Crippen LogP contribution < -0.4 is 0 Å². The van der Waals surface area contributed by atoms with Crippen LogP contribution in [-0.2, 0) is 4.79 Å². The van der Waals surface area contributed by atoms with E-state index in [-0.39, 0.29) is 12.0 Å². The van der Waals surface area contributed by atoms with Gasteiger partial charge in [0.15, 0.2) is 0 Å². The summed E-state index contributed by atoms with van der Waals surface area (Å²) in [6.45, 7) is 6.25. The van der Waals surface area contributed by atoms with Gasteiger partial charge in [0.2, 0.25) is 0 Å². The first-order chi connectivity index (χ1) is 6.59. The largest absolute Gasteiger partial charge is 0.393 e. The highest BCUT2D eigenvalue weighted by Gasteiger charge is 2.18. The molecule has 0 spiro atoms. The molecule has 3 nitrogen and oxygen atoms in total. The van der Waals surface area contributed by atoms with Gasteiger partial charge < -0.3 is 5.11 Å². The number of carbonyl (C=O) groups excluding carboxylic acids is 1. The molecule has 1 aliphatic heterocycles. The Morgan fingerprint density at radius 3 is 2.79 bits per heavy atom. The first-order valence-corrected chi connectivity index (χ1v) is 5.52. The van der Waals surface area contributed by atoms with Crippen molar-refractivity contribution in [3.63, 3.8) is 0 Å². The van der Waals surface area contributed by atoms with E-state index in [1.807, 2.05) is 13.8 Å². The molecule has 0 aliphatic carbocycles. The number of aliphatic hydroxyl groups is 1. The fourth-order valence-electron chi connectivity index (χ4n) is 1.70. The van der Waals surface area contributed by atoms with E-state index in [2.05, 4.69) is 4.90 Å². The number of nitrogens with zero attached hydrogens (tertiary/aromatic N) is 1. The topological polar surface area (TPSA) is 40.5 Å². The Hall–Kier alpha value is -0.410. The minimum absolute atomic E-state index is 0.128. The van der Waals surface area contributed by atoms with Crippen LogP contribution in [0.3, 0.4) is 0 Å². The molecule has 1 N–H and O–H groups in total. The molecule has 14 heavy (non-hydrogen) atoms. The summed E-state index contributed by atoms with van der Waals surface area (Å²) in [5.74, 6) is 0.435. The van der Waals surface area contributed by atoms with Crippen molar-refractivity contribution in [1.82, 2.24) is 4.90 Å². The Morgan fingerprint density at radius 2 is 2.14 bits per heavy atom. The van der Waals surface area contributed by atoms with E-state index in [9.17, 15) is 9.90 Å². The minimum Gasteiger partial charge on any atom is -0.393 e. The lowest BCUT2D eigenvalue weighted by Gasteiger charge is -2.19. The molecule has 1 rings (SSSR count). The van der Waals surface area contributed by atoms with Gasteiger partial charge in [0.05, 0.1) is 12.6 Å². The Bertz CT molecular complexity index is 192. The van der Waals surface area contributed by atoms with Gasteiger partial charge in [-0.15, -0.1) is 0 Å². The number of carbonyl (C=O) groups is 1. The maximum Gasteiger partial charge on any atom is 0.149 e. The summed E-state index contributed by atoms with van der Waals surface area (Å²) in [6, 6.07) is 0. The van der Waals surface area contributed by atoms with Crippen molar-refractivity contribution in [2.45, 2.75) is 39.2 Å². The van der Waals surface area contributed by atoms with E-state index in [1.54, 1.807) is 0 Å². The number of aliphatic hydroxyl groups excluding tert-OH is 1. The van der Waals surface area contributed by atoms with Crippen LogP contribution in [0.15, 0.2) is 0 Å². The highest BCUT2D eigenvalue weighted by atomic mass is 16.3. The Morgan fingerprint density at radius 1 is 1.43 bits per heavy atom. The van der Waals surface area contributed by atoms with E-state index in [0.717, 1.165) is 32.4 Å². The second-order valence-corrected chi connectivity index (χ2v) is 4.48. The van der Waals surface area contributed by atoms with Gasteiger partial charge in [-0.2, -0.15) is 0 Å². The van der Waals surface area contributed by atoms with Gasteiger partial charge in [0.25, 0.3) is 0 Å². The zero-order chi connectivity index (χ0) is 10.6. The van der Waals surface area contributed by atoms with Gasteiger partial charge in [0, 0.05) is 12.5 Å². The summed E-state index contributed by atoms with van der Waals surface area (Å²) in [6.07, 6.45) is 2.54. The normalized spacial score (nSPS) is 25.0. The van der Waals surface area contributed by atoms with Crippen LogP contribution in [0.25, 0.3) is 0 Å². The molecule has 82 valence electrons. The number of hydrogen-bond donors (Lipinski definition) is 1. The van der Waals surface area contributed by atoms with E-state index >= 15 is 0 Å². The van der Waals surface area contributed by atoms with Crippen molar-refractivity contribution in [2.75, 3.05) is 19.6 Å². The fourth-order valence-corrected chi connectivity index (χ4v) is 1.70. The molecule has 1 saturated heterocycles. The molecular weight excluding hydrogens is 178 g/mol. The maximum absolute atomic E-state index is 11.5. The van der Waals surface area contributed by atoms with Crippen molar-refractivity contribution in [3.8, 4) is 0 Å². The fraction of sp³-hybridized carbons (Fsp3) is 0.909. The predicted octanol–water partition coefficient (Wildman–Crippen LogP) is 1.06. The Balaban J connectivity index is 2.33. The third-order valence-corrected chi connectivity index (χ3v) is 2.81. The van der Waals surface area contributed by atoms with Crippen molar-refractivity contribution >= 4 is 5.78 Å². The second-order valence-electron chi connectivity index (χ2n) is 4.48. The highest BCUT2D eigenvalue weighted by Crippen LogP contribution is 2.11. The molecule has 0 bridgehead atoms. The van der Waals surface area contributed by atoms with Crippen LogP contribution in [0.1, 0.15) is 33.1 Å². The van der Waals surface area contributed by atoms with Crippen LogP contribution in [-0.4, -0.2) is 41.5 Å².